The van der Waals surface area contributed by atoms with Crippen molar-refractivity contribution in [2.45, 2.75) is 0 Å². The molecule has 18 heavy (non-hydrogen) atoms. The fourth-order valence-electron chi connectivity index (χ4n) is 1.19. The van der Waals surface area contributed by atoms with Crippen LogP contribution in [0, 0.1) is 17.5 Å². The van der Waals surface area contributed by atoms with Crippen LogP contribution in [0.2, 0.25) is 0 Å². The number of hydrogen-bond donors (Lipinski definition) is 1. The van der Waals surface area contributed by atoms with Crippen LogP contribution in [-0.4, -0.2) is 31.0 Å². The van der Waals surface area contributed by atoms with Crippen LogP contribution in [0.3, 0.4) is 0 Å². The van der Waals surface area contributed by atoms with Gasteiger partial charge in [0, 0.05) is 11.9 Å². The van der Waals surface area contributed by atoms with Gasteiger partial charge in [0.15, 0.2) is 17.5 Å². The van der Waals surface area contributed by atoms with Gasteiger partial charge in [-0.25, -0.2) is 13.2 Å². The van der Waals surface area contributed by atoms with Gasteiger partial charge in [-0.3, -0.25) is 4.79 Å². The molecular weight excluding hydrogens is 315 g/mol. The van der Waals surface area contributed by atoms with Gasteiger partial charge in [0.2, 0.25) is 0 Å². The summed E-state index contributed by atoms with van der Waals surface area (Å²) in [5.74, 6) is -5.29. The Bertz CT molecular complexity index is 429. The fraction of sp³-hybridized carbons (Fsp3) is 0.364. The van der Waals surface area contributed by atoms with Crippen LogP contribution < -0.4 is 5.32 Å². The maximum Gasteiger partial charge on any atom is 0.254 e. The average Bonchev–Trinajstić information content (AvgIpc) is 2.35. The lowest BCUT2D eigenvalue weighted by Gasteiger charge is -2.07. The van der Waals surface area contributed by atoms with E-state index < -0.39 is 28.9 Å². The van der Waals surface area contributed by atoms with Crippen molar-refractivity contribution in [1.82, 2.24) is 5.32 Å². The first-order chi connectivity index (χ1) is 8.57. The first-order valence-corrected chi connectivity index (χ1v) is 6.25. The second kappa shape index (κ2) is 7.38. The Morgan fingerprint density at radius 2 is 1.94 bits per heavy atom. The molecule has 1 rings (SSSR count). The molecule has 0 saturated carbocycles. The van der Waals surface area contributed by atoms with Crippen molar-refractivity contribution in [3.63, 3.8) is 0 Å². The molecular formula is C11H11BrF3NO2. The van der Waals surface area contributed by atoms with Crippen molar-refractivity contribution >= 4 is 21.8 Å². The van der Waals surface area contributed by atoms with E-state index in [4.69, 9.17) is 4.74 Å². The van der Waals surface area contributed by atoms with Gasteiger partial charge >= 0.3 is 0 Å². The number of hydrogen-bond acceptors (Lipinski definition) is 2. The van der Waals surface area contributed by atoms with Gasteiger partial charge in [-0.15, -0.1) is 0 Å². The van der Waals surface area contributed by atoms with Crippen molar-refractivity contribution in [1.29, 1.82) is 0 Å². The molecule has 7 heteroatoms. The van der Waals surface area contributed by atoms with E-state index in [2.05, 4.69) is 21.2 Å². The van der Waals surface area contributed by atoms with Gasteiger partial charge in [-0.05, 0) is 12.1 Å². The normalized spacial score (nSPS) is 10.4. The van der Waals surface area contributed by atoms with E-state index in [9.17, 15) is 18.0 Å². The molecule has 100 valence electrons. The maximum absolute atomic E-state index is 13.2. The van der Waals surface area contributed by atoms with E-state index in [1.807, 2.05) is 0 Å². The van der Waals surface area contributed by atoms with Crippen molar-refractivity contribution < 1.29 is 22.7 Å². The molecule has 0 aliphatic carbocycles. The van der Waals surface area contributed by atoms with E-state index in [1.165, 1.54) is 0 Å². The number of nitrogens with one attached hydrogen (secondary N) is 1. The Morgan fingerprint density at radius 1 is 1.22 bits per heavy atom. The van der Waals surface area contributed by atoms with E-state index in [1.54, 1.807) is 0 Å². The van der Waals surface area contributed by atoms with Crippen LogP contribution in [0.1, 0.15) is 10.4 Å². The number of alkyl halides is 1. The van der Waals surface area contributed by atoms with Crippen molar-refractivity contribution in [3.8, 4) is 0 Å². The van der Waals surface area contributed by atoms with Gasteiger partial charge in [0.05, 0.1) is 18.8 Å². The van der Waals surface area contributed by atoms with Gasteiger partial charge in [0.1, 0.15) is 0 Å². The molecule has 3 nitrogen and oxygen atoms in total. The molecule has 1 aromatic carbocycles. The van der Waals surface area contributed by atoms with E-state index >= 15 is 0 Å². The summed E-state index contributed by atoms with van der Waals surface area (Å²) in [6.45, 7) is 0.891. The summed E-state index contributed by atoms with van der Waals surface area (Å²) in [7, 11) is 0. The minimum atomic E-state index is -1.65. The summed E-state index contributed by atoms with van der Waals surface area (Å²) in [6.07, 6.45) is 0. The third-order valence-corrected chi connectivity index (χ3v) is 2.36. The molecule has 0 bridgehead atoms. The summed E-state index contributed by atoms with van der Waals surface area (Å²) in [5, 5.41) is 3.00. The van der Waals surface area contributed by atoms with Crippen LogP contribution >= 0.6 is 15.9 Å². The molecule has 0 unspecified atom stereocenters. The van der Waals surface area contributed by atoms with Crippen molar-refractivity contribution in [3.05, 3.63) is 35.1 Å². The fourth-order valence-corrected chi connectivity index (χ4v) is 1.42. The Hall–Kier alpha value is -1.08. The summed E-state index contributed by atoms with van der Waals surface area (Å²) < 4.78 is 43.8. The highest BCUT2D eigenvalue weighted by molar-refractivity contribution is 9.09. The third kappa shape index (κ3) is 3.99. The van der Waals surface area contributed by atoms with Crippen molar-refractivity contribution in [2.75, 3.05) is 25.1 Å². The molecule has 0 aliphatic heterocycles. The standard InChI is InChI=1S/C11H11BrF3NO2/c12-3-5-18-6-4-16-11(17)7-1-2-8(13)10(15)9(7)14/h1-2H,3-6H2,(H,16,17). The molecule has 1 aromatic rings. The number of ether oxygens (including phenoxy) is 1. The smallest absolute Gasteiger partial charge is 0.254 e. The number of benzene rings is 1. The zero-order chi connectivity index (χ0) is 13.5. The first kappa shape index (κ1) is 15.0. The minimum Gasteiger partial charge on any atom is -0.379 e. The molecule has 0 radical (unpaired) electrons. The number of carbonyl (C=O) groups excluding carboxylic acids is 1. The van der Waals surface area contributed by atoms with E-state index in [0.717, 1.165) is 6.07 Å². The highest BCUT2D eigenvalue weighted by Gasteiger charge is 2.18. The van der Waals surface area contributed by atoms with E-state index in [0.29, 0.717) is 18.0 Å². The Morgan fingerprint density at radius 3 is 2.61 bits per heavy atom. The molecule has 0 heterocycles. The van der Waals surface area contributed by atoms with Crippen LogP contribution in [0.15, 0.2) is 12.1 Å². The summed E-state index contributed by atoms with van der Waals surface area (Å²) in [5.41, 5.74) is -0.533. The number of amides is 1. The lowest BCUT2D eigenvalue weighted by Crippen LogP contribution is -2.28. The monoisotopic (exact) mass is 325 g/mol. The average molecular weight is 326 g/mol. The molecule has 0 fully saturated rings. The largest absolute Gasteiger partial charge is 0.379 e. The second-order valence-electron chi connectivity index (χ2n) is 3.28. The summed E-state index contributed by atoms with van der Waals surface area (Å²) >= 11 is 3.15. The van der Waals surface area contributed by atoms with E-state index in [-0.39, 0.29) is 13.2 Å². The molecule has 0 saturated heterocycles. The third-order valence-electron chi connectivity index (χ3n) is 2.03. The highest BCUT2D eigenvalue weighted by atomic mass is 79.9. The summed E-state index contributed by atoms with van der Waals surface area (Å²) in [6, 6.07) is 1.59. The van der Waals surface area contributed by atoms with Crippen LogP contribution in [0.25, 0.3) is 0 Å². The molecule has 1 amide bonds. The second-order valence-corrected chi connectivity index (χ2v) is 4.07. The lowest BCUT2D eigenvalue weighted by molar-refractivity contribution is 0.0919. The predicted molar refractivity (Wildman–Crippen MR) is 63.3 cm³/mol. The zero-order valence-corrected chi connectivity index (χ0v) is 10.9. The van der Waals surface area contributed by atoms with Crippen LogP contribution in [0.4, 0.5) is 13.2 Å². The molecule has 0 aromatic heterocycles. The molecule has 0 spiro atoms. The van der Waals surface area contributed by atoms with Gasteiger partial charge in [-0.2, -0.15) is 0 Å². The predicted octanol–water partition coefficient (Wildman–Crippen LogP) is 2.25. The van der Waals surface area contributed by atoms with Crippen LogP contribution in [-0.2, 0) is 4.74 Å². The van der Waals surface area contributed by atoms with Crippen molar-refractivity contribution in [2.24, 2.45) is 0 Å². The Balaban J connectivity index is 2.54. The molecule has 1 N–H and O–H groups in total. The maximum atomic E-state index is 13.2. The topological polar surface area (TPSA) is 38.3 Å². The summed E-state index contributed by atoms with van der Waals surface area (Å²) in [4.78, 5) is 11.5. The van der Waals surface area contributed by atoms with Gasteiger partial charge < -0.3 is 10.1 Å². The quantitative estimate of drug-likeness (QED) is 0.495. The number of carbonyl (C=O) groups is 1. The Labute approximate surface area is 110 Å². The lowest BCUT2D eigenvalue weighted by atomic mass is 10.2. The highest BCUT2D eigenvalue weighted by Crippen LogP contribution is 2.14. The van der Waals surface area contributed by atoms with Gasteiger partial charge in [0.25, 0.3) is 5.91 Å². The zero-order valence-electron chi connectivity index (χ0n) is 9.31. The SMILES string of the molecule is O=C(NCCOCCBr)c1ccc(F)c(F)c1F. The Kier molecular flexibility index (Phi) is 6.14. The number of halogens is 4. The molecule has 0 atom stereocenters. The molecule has 0 aliphatic rings. The minimum absolute atomic E-state index is 0.157. The van der Waals surface area contributed by atoms with Crippen LogP contribution in [0.5, 0.6) is 0 Å². The van der Waals surface area contributed by atoms with Gasteiger partial charge in [-0.1, -0.05) is 15.9 Å². The first-order valence-electron chi connectivity index (χ1n) is 5.13. The number of rotatable bonds is 6.